The third kappa shape index (κ3) is 4.61. The minimum Gasteiger partial charge on any atom is -0.361 e. The number of hydrogen-bond acceptors (Lipinski definition) is 5. The van der Waals surface area contributed by atoms with E-state index in [-0.39, 0.29) is 11.9 Å². The van der Waals surface area contributed by atoms with Crippen molar-refractivity contribution in [3.63, 3.8) is 0 Å². The van der Waals surface area contributed by atoms with Gasteiger partial charge in [0.1, 0.15) is 5.76 Å². The van der Waals surface area contributed by atoms with Gasteiger partial charge in [-0.05, 0) is 19.4 Å². The summed E-state index contributed by atoms with van der Waals surface area (Å²) in [5, 5.41) is 6.77. The first-order chi connectivity index (χ1) is 10.6. The summed E-state index contributed by atoms with van der Waals surface area (Å²) in [5.41, 5.74) is 9.02. The number of nitrogens with one attached hydrogen (secondary N) is 1. The highest BCUT2D eigenvalue weighted by Gasteiger charge is 2.11. The molecule has 1 aromatic heterocycles. The average molecular weight is 319 g/mol. The highest BCUT2D eigenvalue weighted by atomic mass is 32.2. The van der Waals surface area contributed by atoms with E-state index in [2.05, 4.69) is 10.5 Å². The molecule has 0 saturated carbocycles. The van der Waals surface area contributed by atoms with Crippen LogP contribution in [0.1, 0.15) is 28.6 Å². The molecule has 118 valence electrons. The number of nitrogens with two attached hydrogens (primary N) is 1. The van der Waals surface area contributed by atoms with E-state index >= 15 is 0 Å². The van der Waals surface area contributed by atoms with Crippen molar-refractivity contribution in [3.8, 4) is 0 Å². The van der Waals surface area contributed by atoms with Crippen molar-refractivity contribution in [2.75, 3.05) is 12.3 Å². The molecule has 0 aliphatic rings. The Labute approximate surface area is 134 Å². The maximum absolute atomic E-state index is 11.9. The fourth-order valence-electron chi connectivity index (χ4n) is 2.05. The van der Waals surface area contributed by atoms with Gasteiger partial charge >= 0.3 is 0 Å². The van der Waals surface area contributed by atoms with E-state index < -0.39 is 0 Å². The summed E-state index contributed by atoms with van der Waals surface area (Å²) in [6.45, 7) is 4.23. The van der Waals surface area contributed by atoms with Crippen molar-refractivity contribution < 1.29 is 9.32 Å². The van der Waals surface area contributed by atoms with Gasteiger partial charge in [-0.1, -0.05) is 35.5 Å². The highest BCUT2D eigenvalue weighted by molar-refractivity contribution is 7.99. The third-order valence-electron chi connectivity index (χ3n) is 3.41. The van der Waals surface area contributed by atoms with Gasteiger partial charge in [0.2, 0.25) is 5.91 Å². The van der Waals surface area contributed by atoms with Gasteiger partial charge in [-0.3, -0.25) is 4.79 Å². The average Bonchev–Trinajstić information content (AvgIpc) is 2.85. The molecule has 1 amide bonds. The first kappa shape index (κ1) is 16.6. The number of hydrogen-bond donors (Lipinski definition) is 2. The molecule has 0 saturated heterocycles. The molecule has 0 spiro atoms. The van der Waals surface area contributed by atoms with E-state index in [9.17, 15) is 4.79 Å². The lowest BCUT2D eigenvalue weighted by Crippen LogP contribution is -2.33. The number of rotatable bonds is 7. The zero-order chi connectivity index (χ0) is 15.9. The zero-order valence-corrected chi connectivity index (χ0v) is 13.7. The summed E-state index contributed by atoms with van der Waals surface area (Å²) >= 11 is 1.54. The topological polar surface area (TPSA) is 81.2 Å². The van der Waals surface area contributed by atoms with Gasteiger partial charge in [0.15, 0.2) is 0 Å². The van der Waals surface area contributed by atoms with Crippen LogP contribution >= 0.6 is 11.8 Å². The Hall–Kier alpha value is -1.79. The molecule has 0 radical (unpaired) electrons. The number of nitrogens with zero attached hydrogens (tertiary/aromatic N) is 1. The molecule has 0 fully saturated rings. The first-order valence-electron chi connectivity index (χ1n) is 7.14. The Kier molecular flexibility index (Phi) is 6.03. The molecule has 22 heavy (non-hydrogen) atoms. The fraction of sp³-hybridized carbons (Fsp3) is 0.375. The second-order valence-electron chi connectivity index (χ2n) is 5.12. The lowest BCUT2D eigenvalue weighted by molar-refractivity contribution is -0.118. The molecule has 5 nitrogen and oxygen atoms in total. The van der Waals surface area contributed by atoms with E-state index in [0.29, 0.717) is 12.3 Å². The van der Waals surface area contributed by atoms with Crippen LogP contribution in [0, 0.1) is 13.8 Å². The summed E-state index contributed by atoms with van der Waals surface area (Å²) in [5.74, 6) is 1.92. The first-order valence-corrected chi connectivity index (χ1v) is 8.30. The van der Waals surface area contributed by atoms with Crippen molar-refractivity contribution in [2.45, 2.75) is 25.6 Å². The molecule has 0 aliphatic heterocycles. The van der Waals surface area contributed by atoms with Crippen LogP contribution < -0.4 is 11.1 Å². The minimum atomic E-state index is -0.183. The lowest BCUT2D eigenvalue weighted by Gasteiger charge is -2.13. The molecule has 0 bridgehead atoms. The summed E-state index contributed by atoms with van der Waals surface area (Å²) in [4.78, 5) is 11.9. The Morgan fingerprint density at radius 2 is 2.09 bits per heavy atom. The predicted octanol–water partition coefficient (Wildman–Crippen LogP) is 2.34. The monoisotopic (exact) mass is 319 g/mol. The Morgan fingerprint density at radius 3 is 2.73 bits per heavy atom. The predicted molar refractivity (Wildman–Crippen MR) is 88.5 cm³/mol. The number of thioether (sulfide) groups is 1. The fourth-order valence-corrected chi connectivity index (χ4v) is 3.05. The summed E-state index contributed by atoms with van der Waals surface area (Å²) < 4.78 is 5.10. The van der Waals surface area contributed by atoms with Crippen LogP contribution in [0.25, 0.3) is 0 Å². The van der Waals surface area contributed by atoms with E-state index in [0.717, 1.165) is 28.3 Å². The van der Waals surface area contributed by atoms with E-state index in [1.165, 1.54) is 0 Å². The smallest absolute Gasteiger partial charge is 0.230 e. The molecule has 0 aliphatic carbocycles. The normalized spacial score (nSPS) is 12.1. The van der Waals surface area contributed by atoms with Crippen LogP contribution in [-0.4, -0.2) is 23.4 Å². The summed E-state index contributed by atoms with van der Waals surface area (Å²) in [7, 11) is 0. The van der Waals surface area contributed by atoms with Crippen molar-refractivity contribution in [1.29, 1.82) is 0 Å². The SMILES string of the molecule is Cc1noc(C)c1CSCC(=O)NCC(N)c1ccccc1. The second kappa shape index (κ2) is 8.00. The number of amides is 1. The van der Waals surface area contributed by atoms with Crippen LogP contribution in [-0.2, 0) is 10.5 Å². The Bertz CT molecular complexity index is 594. The quantitative estimate of drug-likeness (QED) is 0.818. The maximum atomic E-state index is 11.9. The maximum Gasteiger partial charge on any atom is 0.230 e. The molecular weight excluding hydrogens is 298 g/mol. The Balaban J connectivity index is 1.70. The van der Waals surface area contributed by atoms with Crippen molar-refractivity contribution in [1.82, 2.24) is 10.5 Å². The number of aryl methyl sites for hydroxylation is 2. The van der Waals surface area contributed by atoms with Gasteiger partial charge in [0, 0.05) is 23.9 Å². The van der Waals surface area contributed by atoms with Crippen LogP contribution in [0.15, 0.2) is 34.9 Å². The lowest BCUT2D eigenvalue weighted by atomic mass is 10.1. The molecule has 1 aromatic carbocycles. The van der Waals surface area contributed by atoms with E-state index in [1.807, 2.05) is 44.2 Å². The molecule has 2 aromatic rings. The standard InChI is InChI=1S/C16H21N3O2S/c1-11-14(12(2)21-19-11)9-22-10-16(20)18-8-15(17)13-6-4-3-5-7-13/h3-7,15H,8-10,17H2,1-2H3,(H,18,20). The summed E-state index contributed by atoms with van der Waals surface area (Å²) in [6.07, 6.45) is 0. The van der Waals surface area contributed by atoms with E-state index in [1.54, 1.807) is 11.8 Å². The van der Waals surface area contributed by atoms with Crippen LogP contribution in [0.4, 0.5) is 0 Å². The van der Waals surface area contributed by atoms with Crippen LogP contribution in [0.2, 0.25) is 0 Å². The highest BCUT2D eigenvalue weighted by Crippen LogP contribution is 2.19. The molecule has 2 rings (SSSR count). The van der Waals surface area contributed by atoms with E-state index in [4.69, 9.17) is 10.3 Å². The summed E-state index contributed by atoms with van der Waals surface area (Å²) in [6, 6.07) is 9.57. The van der Waals surface area contributed by atoms with Gasteiger partial charge in [-0.15, -0.1) is 11.8 Å². The molecular formula is C16H21N3O2S. The number of carbonyl (C=O) groups excluding carboxylic acids is 1. The minimum absolute atomic E-state index is 0.0110. The van der Waals surface area contributed by atoms with Gasteiger partial charge in [-0.25, -0.2) is 0 Å². The van der Waals surface area contributed by atoms with Crippen LogP contribution in [0.3, 0.4) is 0 Å². The molecule has 3 N–H and O–H groups in total. The van der Waals surface area contributed by atoms with Crippen molar-refractivity contribution >= 4 is 17.7 Å². The number of benzene rings is 1. The zero-order valence-electron chi connectivity index (χ0n) is 12.8. The molecule has 1 heterocycles. The Morgan fingerprint density at radius 1 is 1.36 bits per heavy atom. The van der Waals surface area contributed by atoms with Gasteiger partial charge < -0.3 is 15.6 Å². The van der Waals surface area contributed by atoms with Crippen molar-refractivity contribution in [2.24, 2.45) is 5.73 Å². The van der Waals surface area contributed by atoms with Crippen molar-refractivity contribution in [3.05, 3.63) is 52.9 Å². The molecule has 6 heteroatoms. The number of carbonyl (C=O) groups is 1. The van der Waals surface area contributed by atoms with Gasteiger partial charge in [0.25, 0.3) is 0 Å². The number of aromatic nitrogens is 1. The van der Waals surface area contributed by atoms with Gasteiger partial charge in [0.05, 0.1) is 11.4 Å². The van der Waals surface area contributed by atoms with Gasteiger partial charge in [-0.2, -0.15) is 0 Å². The van der Waals surface area contributed by atoms with Crippen LogP contribution in [0.5, 0.6) is 0 Å². The molecule has 1 atom stereocenters. The largest absolute Gasteiger partial charge is 0.361 e. The second-order valence-corrected chi connectivity index (χ2v) is 6.10. The third-order valence-corrected chi connectivity index (χ3v) is 4.37. The molecule has 1 unspecified atom stereocenters.